The van der Waals surface area contributed by atoms with Crippen LogP contribution in [0.4, 0.5) is 11.6 Å². The Kier molecular flexibility index (Phi) is 35.7. The first-order valence-electron chi connectivity index (χ1n) is 7.06. The number of carboxylic acid groups (broad SMARTS) is 2. The van der Waals surface area contributed by atoms with E-state index in [9.17, 15) is 19.8 Å². The minimum atomic E-state index is -1.14. The Hall–Kier alpha value is -2.65. The predicted octanol–water partition coefficient (Wildman–Crippen LogP) is -4.05. The topological polar surface area (TPSA) is 279 Å². The van der Waals surface area contributed by atoms with Gasteiger partial charge >= 0.3 is 16.8 Å². The van der Waals surface area contributed by atoms with E-state index in [0.717, 1.165) is 11.6 Å². The van der Waals surface area contributed by atoms with E-state index in [-0.39, 0.29) is 57.0 Å². The molecule has 12 nitrogen and oxygen atoms in total. The molecule has 0 spiro atoms. The fourth-order valence-corrected chi connectivity index (χ4v) is 1.54. The number of rotatable bonds is 7. The summed E-state index contributed by atoms with van der Waals surface area (Å²) in [6.45, 7) is 0. The van der Waals surface area contributed by atoms with Gasteiger partial charge in [0.05, 0.1) is 0 Å². The summed E-state index contributed by atoms with van der Waals surface area (Å²) in [7, 11) is 0. The molecule has 0 aliphatic carbocycles. The third-order valence-corrected chi connectivity index (χ3v) is 2.60. The first kappa shape index (κ1) is 40.9. The predicted molar refractivity (Wildman–Crippen MR) is 101 cm³/mol. The number of aromatic nitrogens is 2. The number of pyridine rings is 2. The van der Waals surface area contributed by atoms with Crippen LogP contribution < -0.4 is 15.5 Å². The molecular weight excluding hydrogens is 437 g/mol. The van der Waals surface area contributed by atoms with Gasteiger partial charge in [0.1, 0.15) is 11.6 Å². The molecule has 2 rings (SSSR count). The van der Waals surface area contributed by atoms with Gasteiger partial charge in [0.25, 0.3) is 0 Å². The standard InChI is InChI=1S/C10H9N3.C6H10O4.Co.5H2O/c1-3-7-11-9(5-1)13-10-6-2-4-8-12-10;7-5(8)3-1-2-4-6(9)10;;;;;;/h1-8H,(H,11,12,13);1-4H2,(H,7,8)(H,9,10);;5*1H2/q;;+2;;;;;. The molecule has 13 N–H and O–H groups in total. The van der Waals surface area contributed by atoms with Gasteiger partial charge in [-0.1, -0.05) is 12.1 Å². The van der Waals surface area contributed by atoms with Crippen molar-refractivity contribution in [3.05, 3.63) is 48.8 Å². The van der Waals surface area contributed by atoms with Crippen LogP contribution in [0.2, 0.25) is 0 Å². The SMILES string of the molecule is O.O.O.O=C([O-])CCCCC(=O)[O-].[Co+2].[OH3+].[OH3+].c1ccc(Nc2ccccn2)nc1. The molecule has 0 unspecified atom stereocenters. The molecule has 169 valence electrons. The van der Waals surface area contributed by atoms with Crippen molar-refractivity contribution in [3.63, 3.8) is 0 Å². The number of carboxylic acids is 2. The van der Waals surface area contributed by atoms with E-state index in [0.29, 0.717) is 12.8 Å². The molecule has 0 fully saturated rings. The average molecular weight is 466 g/mol. The Bertz CT molecular complexity index is 554. The third kappa shape index (κ3) is 23.3. The van der Waals surface area contributed by atoms with E-state index in [1.54, 1.807) is 12.4 Å². The molecule has 13 heteroatoms. The van der Waals surface area contributed by atoms with E-state index >= 15 is 0 Å². The molecule has 2 heterocycles. The molecule has 0 aliphatic heterocycles. The summed E-state index contributed by atoms with van der Waals surface area (Å²) >= 11 is 0. The Morgan fingerprint density at radius 2 is 1.10 bits per heavy atom. The van der Waals surface area contributed by atoms with Crippen LogP contribution in [0.1, 0.15) is 25.7 Å². The van der Waals surface area contributed by atoms with Gasteiger partial charge in [-0.2, -0.15) is 0 Å². The van der Waals surface area contributed by atoms with Gasteiger partial charge in [-0.3, -0.25) is 0 Å². The molecule has 0 amide bonds. The van der Waals surface area contributed by atoms with Crippen LogP contribution in [0.15, 0.2) is 48.8 Å². The molecule has 0 saturated carbocycles. The first-order chi connectivity index (χ1) is 11.1. The number of nitrogens with zero attached hydrogens (tertiary/aromatic N) is 2. The number of hydrogen-bond donors (Lipinski definition) is 1. The summed E-state index contributed by atoms with van der Waals surface area (Å²) < 4.78 is 0. The van der Waals surface area contributed by atoms with Gasteiger partial charge in [0.15, 0.2) is 0 Å². The molecular formula is C16H29CoN3O9+2. The second kappa shape index (κ2) is 25.3. The number of anilines is 2. The maximum absolute atomic E-state index is 9.77. The minimum Gasteiger partial charge on any atom is -0.550 e. The summed E-state index contributed by atoms with van der Waals surface area (Å²) in [4.78, 5) is 27.8. The summed E-state index contributed by atoms with van der Waals surface area (Å²) in [5.41, 5.74) is 0. The number of carbonyl (C=O) groups excluding carboxylic acids is 2. The number of aliphatic carboxylic acids is 2. The Labute approximate surface area is 177 Å². The molecule has 29 heavy (non-hydrogen) atoms. The third-order valence-electron chi connectivity index (χ3n) is 2.60. The molecule has 0 saturated heterocycles. The van der Waals surface area contributed by atoms with E-state index in [2.05, 4.69) is 15.3 Å². The van der Waals surface area contributed by atoms with Crippen LogP contribution in [0.5, 0.6) is 0 Å². The minimum absolute atomic E-state index is 0. The molecule has 0 bridgehead atoms. The van der Waals surface area contributed by atoms with Crippen molar-refractivity contribution >= 4 is 23.6 Å². The fraction of sp³-hybridized carbons (Fsp3) is 0.250. The molecule has 2 aromatic rings. The number of carbonyl (C=O) groups is 2. The van der Waals surface area contributed by atoms with Gasteiger partial charge in [-0.25, -0.2) is 9.97 Å². The smallest absolute Gasteiger partial charge is 0.550 e. The van der Waals surface area contributed by atoms with Gasteiger partial charge < -0.3 is 52.5 Å². The zero-order chi connectivity index (χ0) is 16.9. The fourth-order valence-electron chi connectivity index (χ4n) is 1.54. The Morgan fingerprint density at radius 3 is 1.34 bits per heavy atom. The van der Waals surface area contributed by atoms with Crippen molar-refractivity contribution in [2.45, 2.75) is 25.7 Å². The molecule has 2 aromatic heterocycles. The van der Waals surface area contributed by atoms with E-state index < -0.39 is 11.9 Å². The maximum atomic E-state index is 9.77. The van der Waals surface area contributed by atoms with Gasteiger partial charge in [0, 0.05) is 24.3 Å². The molecule has 1 radical (unpaired) electrons. The van der Waals surface area contributed by atoms with Gasteiger partial charge in [0.2, 0.25) is 0 Å². The molecule has 0 aromatic carbocycles. The van der Waals surface area contributed by atoms with E-state index in [4.69, 9.17) is 0 Å². The van der Waals surface area contributed by atoms with Crippen molar-refractivity contribution in [1.82, 2.24) is 9.97 Å². The van der Waals surface area contributed by atoms with Crippen LogP contribution in [0.3, 0.4) is 0 Å². The van der Waals surface area contributed by atoms with Crippen molar-refractivity contribution in [3.8, 4) is 0 Å². The van der Waals surface area contributed by atoms with Crippen LogP contribution in [0.25, 0.3) is 0 Å². The average Bonchev–Trinajstić information content (AvgIpc) is 2.54. The first-order valence-corrected chi connectivity index (χ1v) is 7.06. The largest absolute Gasteiger partial charge is 2.00 e. The van der Waals surface area contributed by atoms with E-state index in [1.807, 2.05) is 36.4 Å². The Morgan fingerprint density at radius 1 is 0.759 bits per heavy atom. The van der Waals surface area contributed by atoms with Crippen LogP contribution in [0, 0.1) is 0 Å². The quantitative estimate of drug-likeness (QED) is 0.311. The Balaban J connectivity index is -0.0000000775. The van der Waals surface area contributed by atoms with E-state index in [1.165, 1.54) is 0 Å². The zero-order valence-corrected chi connectivity index (χ0v) is 16.5. The number of unbranched alkanes of at least 4 members (excludes halogenated alkanes) is 1. The summed E-state index contributed by atoms with van der Waals surface area (Å²) in [6.07, 6.45) is 4.02. The monoisotopic (exact) mass is 466 g/mol. The van der Waals surface area contributed by atoms with Crippen LogP contribution in [-0.4, -0.2) is 38.3 Å². The molecule has 0 aliphatic rings. The normalized spacial score (nSPS) is 7.45. The van der Waals surface area contributed by atoms with Gasteiger partial charge in [-0.05, 0) is 49.9 Å². The maximum Gasteiger partial charge on any atom is 2.00 e. The van der Waals surface area contributed by atoms with Gasteiger partial charge in [-0.15, -0.1) is 0 Å². The number of hydrogen-bond acceptors (Lipinski definition) is 7. The zero-order valence-electron chi connectivity index (χ0n) is 15.5. The van der Waals surface area contributed by atoms with Crippen LogP contribution >= 0.6 is 0 Å². The summed E-state index contributed by atoms with van der Waals surface area (Å²) in [6, 6.07) is 11.4. The van der Waals surface area contributed by atoms with Crippen molar-refractivity contribution in [2.75, 3.05) is 5.32 Å². The molecule has 0 atom stereocenters. The van der Waals surface area contributed by atoms with Crippen LogP contribution in [-0.2, 0) is 37.3 Å². The van der Waals surface area contributed by atoms with Crippen molar-refractivity contribution < 1.29 is 64.0 Å². The van der Waals surface area contributed by atoms with Crippen molar-refractivity contribution in [2.24, 2.45) is 0 Å². The van der Waals surface area contributed by atoms with Crippen molar-refractivity contribution in [1.29, 1.82) is 0 Å². The second-order valence-corrected chi connectivity index (χ2v) is 4.51. The second-order valence-electron chi connectivity index (χ2n) is 4.51. The summed E-state index contributed by atoms with van der Waals surface area (Å²) in [5, 5.41) is 22.6. The number of nitrogens with one attached hydrogen (secondary N) is 1. The summed E-state index contributed by atoms with van der Waals surface area (Å²) in [5.74, 6) is -0.668.